The Morgan fingerprint density at radius 2 is 2.18 bits per heavy atom. The highest BCUT2D eigenvalue weighted by Gasteiger charge is 2.15. The summed E-state index contributed by atoms with van der Waals surface area (Å²) in [7, 11) is 0. The van der Waals surface area contributed by atoms with E-state index in [2.05, 4.69) is 6.07 Å². The highest BCUT2D eigenvalue weighted by atomic mass is 16.4. The van der Waals surface area contributed by atoms with E-state index in [0.717, 1.165) is 0 Å². The molecule has 1 aromatic rings. The first-order chi connectivity index (χ1) is 8.10. The Kier molecular flexibility index (Phi) is 4.53. The molecule has 17 heavy (non-hydrogen) atoms. The van der Waals surface area contributed by atoms with Crippen molar-refractivity contribution in [2.24, 2.45) is 5.92 Å². The first-order valence-corrected chi connectivity index (χ1v) is 5.57. The average Bonchev–Trinajstić information content (AvgIpc) is 2.35. The van der Waals surface area contributed by atoms with Gasteiger partial charge in [0.1, 0.15) is 0 Å². The zero-order valence-corrected chi connectivity index (χ0v) is 10.1. The Labute approximate surface area is 101 Å². The van der Waals surface area contributed by atoms with E-state index in [0.29, 0.717) is 18.8 Å². The molecule has 1 N–H and O–H groups in total. The summed E-state index contributed by atoms with van der Waals surface area (Å²) in [5.41, 5.74) is 0.948. The minimum atomic E-state index is -0.941. The fourth-order valence-corrected chi connectivity index (χ4v) is 1.70. The number of anilines is 1. The molecular weight excluding hydrogens is 216 g/mol. The summed E-state index contributed by atoms with van der Waals surface area (Å²) >= 11 is 0. The SMILES string of the molecule is CCN(CC(C)C#N)c1ccccc1C(=O)O. The number of hydrogen-bond donors (Lipinski definition) is 1. The maximum absolute atomic E-state index is 11.1. The molecular formula is C13H16N2O2. The minimum Gasteiger partial charge on any atom is -0.478 e. The summed E-state index contributed by atoms with van der Waals surface area (Å²) < 4.78 is 0. The summed E-state index contributed by atoms with van der Waals surface area (Å²) in [5, 5.41) is 17.9. The van der Waals surface area contributed by atoms with Crippen LogP contribution in [0.25, 0.3) is 0 Å². The smallest absolute Gasteiger partial charge is 0.337 e. The quantitative estimate of drug-likeness (QED) is 0.846. The Balaban J connectivity index is 3.04. The van der Waals surface area contributed by atoms with Crippen LogP contribution in [0.2, 0.25) is 0 Å². The molecule has 0 saturated carbocycles. The van der Waals surface area contributed by atoms with Crippen LogP contribution in [0.1, 0.15) is 24.2 Å². The fourth-order valence-electron chi connectivity index (χ4n) is 1.70. The lowest BCUT2D eigenvalue weighted by molar-refractivity contribution is 0.0697. The van der Waals surface area contributed by atoms with Gasteiger partial charge in [-0.15, -0.1) is 0 Å². The van der Waals surface area contributed by atoms with Crippen LogP contribution in [0.5, 0.6) is 0 Å². The van der Waals surface area contributed by atoms with E-state index in [9.17, 15) is 4.79 Å². The van der Waals surface area contributed by atoms with Crippen molar-refractivity contribution in [3.8, 4) is 6.07 Å². The molecule has 0 aliphatic carbocycles. The molecule has 0 heterocycles. The van der Waals surface area contributed by atoms with Gasteiger partial charge in [0.15, 0.2) is 0 Å². The molecule has 0 aliphatic heterocycles. The first kappa shape index (κ1) is 13.0. The third-order valence-corrected chi connectivity index (χ3v) is 2.57. The van der Waals surface area contributed by atoms with Gasteiger partial charge in [-0.1, -0.05) is 12.1 Å². The predicted molar refractivity (Wildman–Crippen MR) is 66.1 cm³/mol. The number of carbonyl (C=O) groups is 1. The van der Waals surface area contributed by atoms with E-state index in [1.54, 1.807) is 18.2 Å². The van der Waals surface area contributed by atoms with Crippen LogP contribution >= 0.6 is 0 Å². The second-order valence-corrected chi connectivity index (χ2v) is 3.89. The topological polar surface area (TPSA) is 64.3 Å². The molecule has 0 spiro atoms. The van der Waals surface area contributed by atoms with E-state index in [1.807, 2.05) is 24.8 Å². The van der Waals surface area contributed by atoms with Crippen LogP contribution in [-0.2, 0) is 0 Å². The number of nitriles is 1. The monoisotopic (exact) mass is 232 g/mol. The van der Waals surface area contributed by atoms with Gasteiger partial charge in [-0.2, -0.15) is 5.26 Å². The van der Waals surface area contributed by atoms with Crippen molar-refractivity contribution in [2.75, 3.05) is 18.0 Å². The van der Waals surface area contributed by atoms with Crippen molar-refractivity contribution in [3.63, 3.8) is 0 Å². The highest BCUT2D eigenvalue weighted by Crippen LogP contribution is 2.21. The third-order valence-electron chi connectivity index (χ3n) is 2.57. The Morgan fingerprint density at radius 1 is 1.53 bits per heavy atom. The molecule has 0 saturated heterocycles. The van der Waals surface area contributed by atoms with Gasteiger partial charge in [-0.3, -0.25) is 0 Å². The lowest BCUT2D eigenvalue weighted by Gasteiger charge is -2.25. The number of hydrogen-bond acceptors (Lipinski definition) is 3. The Morgan fingerprint density at radius 3 is 2.71 bits per heavy atom. The number of carboxylic acids is 1. The molecule has 4 nitrogen and oxygen atoms in total. The summed E-state index contributed by atoms with van der Waals surface area (Å²) in [6.45, 7) is 4.99. The maximum Gasteiger partial charge on any atom is 0.337 e. The molecule has 1 atom stereocenters. The number of para-hydroxylation sites is 1. The van der Waals surface area contributed by atoms with Crippen LogP contribution < -0.4 is 4.90 Å². The molecule has 0 aromatic heterocycles. The molecule has 1 rings (SSSR count). The van der Waals surface area contributed by atoms with E-state index in [1.165, 1.54) is 0 Å². The Bertz CT molecular complexity index is 437. The standard InChI is InChI=1S/C13H16N2O2/c1-3-15(9-10(2)8-14)12-7-5-4-6-11(12)13(16)17/h4-7,10H,3,9H2,1-2H3,(H,16,17). The van der Waals surface area contributed by atoms with Crippen LogP contribution in [0.4, 0.5) is 5.69 Å². The summed E-state index contributed by atoms with van der Waals surface area (Å²) in [5.74, 6) is -1.07. The van der Waals surface area contributed by atoms with Crippen molar-refractivity contribution in [1.82, 2.24) is 0 Å². The number of carboxylic acid groups (broad SMARTS) is 1. The van der Waals surface area contributed by atoms with E-state index < -0.39 is 5.97 Å². The fraction of sp³-hybridized carbons (Fsp3) is 0.385. The van der Waals surface area contributed by atoms with Crippen LogP contribution in [0.3, 0.4) is 0 Å². The van der Waals surface area contributed by atoms with Gasteiger partial charge in [0.05, 0.1) is 23.2 Å². The molecule has 90 valence electrons. The molecule has 1 unspecified atom stereocenters. The van der Waals surface area contributed by atoms with Crippen molar-refractivity contribution in [1.29, 1.82) is 5.26 Å². The zero-order valence-electron chi connectivity index (χ0n) is 10.1. The zero-order chi connectivity index (χ0) is 12.8. The van der Waals surface area contributed by atoms with Gasteiger partial charge < -0.3 is 10.0 Å². The van der Waals surface area contributed by atoms with Gasteiger partial charge >= 0.3 is 5.97 Å². The van der Waals surface area contributed by atoms with Crippen molar-refractivity contribution in [3.05, 3.63) is 29.8 Å². The van der Waals surface area contributed by atoms with Gasteiger partial charge in [-0.25, -0.2) is 4.79 Å². The van der Waals surface area contributed by atoms with E-state index >= 15 is 0 Å². The number of benzene rings is 1. The number of rotatable bonds is 5. The van der Waals surface area contributed by atoms with Gasteiger partial charge in [0, 0.05) is 13.1 Å². The first-order valence-electron chi connectivity index (χ1n) is 5.57. The number of nitrogens with zero attached hydrogens (tertiary/aromatic N) is 2. The van der Waals surface area contributed by atoms with Crippen molar-refractivity contribution in [2.45, 2.75) is 13.8 Å². The largest absolute Gasteiger partial charge is 0.478 e. The minimum absolute atomic E-state index is 0.128. The van der Waals surface area contributed by atoms with Crippen LogP contribution in [0, 0.1) is 17.2 Å². The highest BCUT2D eigenvalue weighted by molar-refractivity contribution is 5.94. The summed E-state index contributed by atoms with van der Waals surface area (Å²) in [6.07, 6.45) is 0. The lowest BCUT2D eigenvalue weighted by Crippen LogP contribution is -2.29. The molecule has 0 fully saturated rings. The van der Waals surface area contributed by atoms with Crippen LogP contribution in [-0.4, -0.2) is 24.2 Å². The van der Waals surface area contributed by atoms with Gasteiger partial charge in [0.2, 0.25) is 0 Å². The van der Waals surface area contributed by atoms with Crippen LogP contribution in [0.15, 0.2) is 24.3 Å². The molecule has 1 aromatic carbocycles. The molecule has 0 radical (unpaired) electrons. The van der Waals surface area contributed by atoms with Crippen molar-refractivity contribution < 1.29 is 9.90 Å². The van der Waals surface area contributed by atoms with Gasteiger partial charge in [-0.05, 0) is 26.0 Å². The Hall–Kier alpha value is -2.02. The third kappa shape index (κ3) is 3.22. The summed E-state index contributed by atoms with van der Waals surface area (Å²) in [4.78, 5) is 13.0. The molecule has 4 heteroatoms. The maximum atomic E-state index is 11.1. The van der Waals surface area contributed by atoms with E-state index in [4.69, 9.17) is 10.4 Å². The van der Waals surface area contributed by atoms with Crippen molar-refractivity contribution >= 4 is 11.7 Å². The predicted octanol–water partition coefficient (Wildman–Crippen LogP) is 2.37. The lowest BCUT2D eigenvalue weighted by atomic mass is 10.1. The van der Waals surface area contributed by atoms with E-state index in [-0.39, 0.29) is 11.5 Å². The molecule has 0 amide bonds. The average molecular weight is 232 g/mol. The second-order valence-electron chi connectivity index (χ2n) is 3.89. The van der Waals surface area contributed by atoms with Gasteiger partial charge in [0.25, 0.3) is 0 Å². The molecule has 0 aliphatic rings. The number of aromatic carboxylic acids is 1. The normalized spacial score (nSPS) is 11.6. The summed E-state index contributed by atoms with van der Waals surface area (Å²) in [6, 6.07) is 9.02. The molecule has 0 bridgehead atoms. The second kappa shape index (κ2) is 5.90.